The SMILES string of the molecule is C=CCOc1ccc2ccccc2c1[C@H](CNS(=O)(=O)c1ccc(C)cc1)C(C)C. The lowest BCUT2D eigenvalue weighted by Crippen LogP contribution is -2.30. The first kappa shape index (κ1) is 22.1. The Kier molecular flexibility index (Phi) is 6.95. The fourth-order valence-corrected chi connectivity index (χ4v) is 4.66. The fraction of sp³-hybridized carbons (Fsp3) is 0.280. The number of rotatable bonds is 9. The molecule has 30 heavy (non-hydrogen) atoms. The van der Waals surface area contributed by atoms with Gasteiger partial charge in [-0.25, -0.2) is 13.1 Å². The summed E-state index contributed by atoms with van der Waals surface area (Å²) in [6.45, 7) is 10.6. The first-order valence-corrected chi connectivity index (χ1v) is 11.6. The average Bonchev–Trinajstić information content (AvgIpc) is 2.73. The second-order valence-electron chi connectivity index (χ2n) is 7.81. The number of fused-ring (bicyclic) bond motifs is 1. The van der Waals surface area contributed by atoms with E-state index in [1.807, 2.05) is 31.2 Å². The molecule has 0 aliphatic rings. The predicted molar refractivity (Wildman–Crippen MR) is 124 cm³/mol. The van der Waals surface area contributed by atoms with Gasteiger partial charge >= 0.3 is 0 Å². The third-order valence-electron chi connectivity index (χ3n) is 5.29. The zero-order valence-corrected chi connectivity index (χ0v) is 18.6. The van der Waals surface area contributed by atoms with Crippen LogP contribution in [0.1, 0.15) is 30.9 Å². The molecule has 0 spiro atoms. The molecule has 0 aliphatic heterocycles. The lowest BCUT2D eigenvalue weighted by Gasteiger charge is -2.26. The average molecular weight is 424 g/mol. The van der Waals surface area contributed by atoms with Gasteiger partial charge in [-0.05, 0) is 41.8 Å². The number of aryl methyl sites for hydroxylation is 1. The first-order chi connectivity index (χ1) is 14.3. The van der Waals surface area contributed by atoms with Crippen molar-refractivity contribution in [3.63, 3.8) is 0 Å². The lowest BCUT2D eigenvalue weighted by molar-refractivity contribution is 0.351. The summed E-state index contributed by atoms with van der Waals surface area (Å²) in [5.74, 6) is 0.903. The highest BCUT2D eigenvalue weighted by Gasteiger charge is 2.25. The van der Waals surface area contributed by atoms with Crippen LogP contribution in [0.3, 0.4) is 0 Å². The van der Waals surface area contributed by atoms with Gasteiger partial charge in [0.1, 0.15) is 12.4 Å². The van der Waals surface area contributed by atoms with Crippen molar-refractivity contribution in [2.24, 2.45) is 5.92 Å². The smallest absolute Gasteiger partial charge is 0.240 e. The molecule has 0 aromatic heterocycles. The van der Waals surface area contributed by atoms with Gasteiger partial charge < -0.3 is 4.74 Å². The highest BCUT2D eigenvalue weighted by molar-refractivity contribution is 7.89. The lowest BCUT2D eigenvalue weighted by atomic mass is 9.85. The van der Waals surface area contributed by atoms with Crippen LogP contribution in [0, 0.1) is 12.8 Å². The molecule has 3 aromatic rings. The molecule has 0 saturated heterocycles. The molecular weight excluding hydrogens is 394 g/mol. The third-order valence-corrected chi connectivity index (χ3v) is 6.73. The van der Waals surface area contributed by atoms with Gasteiger partial charge in [0.25, 0.3) is 0 Å². The van der Waals surface area contributed by atoms with E-state index in [4.69, 9.17) is 4.74 Å². The van der Waals surface area contributed by atoms with E-state index in [-0.39, 0.29) is 23.3 Å². The number of ether oxygens (including phenoxy) is 1. The Labute approximate surface area is 179 Å². The number of nitrogens with one attached hydrogen (secondary N) is 1. The Hall–Kier alpha value is -2.63. The molecule has 0 unspecified atom stereocenters. The van der Waals surface area contributed by atoms with Crippen molar-refractivity contribution >= 4 is 20.8 Å². The summed E-state index contributed by atoms with van der Waals surface area (Å²) < 4.78 is 34.5. The van der Waals surface area contributed by atoms with Crippen LogP contribution in [0.25, 0.3) is 10.8 Å². The van der Waals surface area contributed by atoms with Crippen LogP contribution < -0.4 is 9.46 Å². The normalized spacial score (nSPS) is 12.8. The van der Waals surface area contributed by atoms with Crippen molar-refractivity contribution < 1.29 is 13.2 Å². The molecule has 1 N–H and O–H groups in total. The fourth-order valence-electron chi connectivity index (χ4n) is 3.60. The molecule has 3 aromatic carbocycles. The summed E-state index contributed by atoms with van der Waals surface area (Å²) in [4.78, 5) is 0.275. The quantitative estimate of drug-likeness (QED) is 0.467. The maximum absolute atomic E-state index is 12.9. The van der Waals surface area contributed by atoms with Gasteiger partial charge in [-0.2, -0.15) is 0 Å². The number of benzene rings is 3. The molecule has 0 fully saturated rings. The van der Waals surface area contributed by atoms with Crippen molar-refractivity contribution in [1.29, 1.82) is 0 Å². The van der Waals surface area contributed by atoms with Crippen LogP contribution in [-0.2, 0) is 10.0 Å². The standard InChI is InChI=1S/C25H29NO3S/c1-5-16-29-24-15-12-20-8-6-7-9-22(20)25(24)23(18(2)3)17-26-30(27,28)21-13-10-19(4)11-14-21/h5-15,18,23,26H,1,16-17H2,2-4H3/t23-/m1/s1. The second kappa shape index (κ2) is 9.45. The van der Waals surface area contributed by atoms with Crippen LogP contribution in [0.5, 0.6) is 5.75 Å². The molecule has 0 heterocycles. The van der Waals surface area contributed by atoms with Crippen molar-refractivity contribution in [3.05, 3.63) is 84.4 Å². The third kappa shape index (κ3) is 4.91. The predicted octanol–water partition coefficient (Wildman–Crippen LogP) is 5.43. The molecule has 1 atom stereocenters. The van der Waals surface area contributed by atoms with Gasteiger partial charge in [-0.3, -0.25) is 0 Å². The minimum atomic E-state index is -3.60. The van der Waals surface area contributed by atoms with Crippen LogP contribution >= 0.6 is 0 Å². The van der Waals surface area contributed by atoms with Gasteiger partial charge in [0.2, 0.25) is 10.0 Å². The molecule has 4 nitrogen and oxygen atoms in total. The van der Waals surface area contributed by atoms with E-state index >= 15 is 0 Å². The van der Waals surface area contributed by atoms with Gasteiger partial charge in [-0.15, -0.1) is 0 Å². The van der Waals surface area contributed by atoms with Crippen LogP contribution in [0.4, 0.5) is 0 Å². The van der Waals surface area contributed by atoms with Crippen LogP contribution in [0.15, 0.2) is 78.2 Å². The number of hydrogen-bond donors (Lipinski definition) is 1. The van der Waals surface area contributed by atoms with Crippen molar-refractivity contribution in [3.8, 4) is 5.75 Å². The molecule has 0 amide bonds. The summed E-state index contributed by atoms with van der Waals surface area (Å²) in [5, 5.41) is 2.18. The van der Waals surface area contributed by atoms with Gasteiger partial charge in [-0.1, -0.05) is 74.5 Å². The number of hydrogen-bond acceptors (Lipinski definition) is 3. The Morgan fingerprint density at radius 1 is 1.03 bits per heavy atom. The largest absolute Gasteiger partial charge is 0.489 e. The van der Waals surface area contributed by atoms with Gasteiger partial charge in [0.05, 0.1) is 4.90 Å². The molecule has 0 bridgehead atoms. The first-order valence-electron chi connectivity index (χ1n) is 10.1. The Bertz CT molecular complexity index is 1120. The maximum atomic E-state index is 12.9. The molecule has 0 saturated carbocycles. The monoisotopic (exact) mass is 423 g/mol. The van der Waals surface area contributed by atoms with E-state index < -0.39 is 10.0 Å². The number of sulfonamides is 1. The van der Waals surface area contributed by atoms with Crippen LogP contribution in [0.2, 0.25) is 0 Å². The van der Waals surface area contributed by atoms with Gasteiger partial charge in [0.15, 0.2) is 0 Å². The summed E-state index contributed by atoms with van der Waals surface area (Å²) in [5.41, 5.74) is 2.05. The highest BCUT2D eigenvalue weighted by Crippen LogP contribution is 2.38. The zero-order valence-electron chi connectivity index (χ0n) is 17.8. The Balaban J connectivity index is 1.99. The molecule has 0 radical (unpaired) electrons. The van der Waals surface area contributed by atoms with Gasteiger partial charge in [0, 0.05) is 18.0 Å². The highest BCUT2D eigenvalue weighted by atomic mass is 32.2. The molecule has 3 rings (SSSR count). The molecule has 5 heteroatoms. The van der Waals surface area contributed by atoms with E-state index in [1.54, 1.807) is 30.3 Å². The van der Waals surface area contributed by atoms with E-state index in [2.05, 4.69) is 37.3 Å². The minimum absolute atomic E-state index is 0.0591. The Morgan fingerprint density at radius 3 is 2.40 bits per heavy atom. The van der Waals surface area contributed by atoms with E-state index in [1.165, 1.54) is 0 Å². The zero-order chi connectivity index (χ0) is 21.7. The summed E-state index contributed by atoms with van der Waals surface area (Å²) >= 11 is 0. The maximum Gasteiger partial charge on any atom is 0.240 e. The van der Waals surface area contributed by atoms with E-state index in [9.17, 15) is 8.42 Å². The topological polar surface area (TPSA) is 55.4 Å². The molecule has 0 aliphatic carbocycles. The second-order valence-corrected chi connectivity index (χ2v) is 9.58. The van der Waals surface area contributed by atoms with Crippen molar-refractivity contribution in [2.75, 3.05) is 13.2 Å². The van der Waals surface area contributed by atoms with E-state index in [0.717, 1.165) is 27.6 Å². The molecular formula is C25H29NO3S. The van der Waals surface area contributed by atoms with E-state index in [0.29, 0.717) is 6.61 Å². The Morgan fingerprint density at radius 2 is 1.73 bits per heavy atom. The van der Waals surface area contributed by atoms with Crippen molar-refractivity contribution in [1.82, 2.24) is 4.72 Å². The minimum Gasteiger partial charge on any atom is -0.489 e. The van der Waals surface area contributed by atoms with Crippen molar-refractivity contribution in [2.45, 2.75) is 31.6 Å². The summed E-state index contributed by atoms with van der Waals surface area (Å²) in [6.07, 6.45) is 1.71. The molecule has 158 valence electrons. The summed E-state index contributed by atoms with van der Waals surface area (Å²) in [6, 6.07) is 19.0. The summed E-state index contributed by atoms with van der Waals surface area (Å²) in [7, 11) is -3.60. The van der Waals surface area contributed by atoms with Crippen LogP contribution in [-0.4, -0.2) is 21.6 Å².